The zero-order valence-corrected chi connectivity index (χ0v) is 21.8. The number of esters is 1. The van der Waals surface area contributed by atoms with E-state index >= 15 is 0 Å². The van der Waals surface area contributed by atoms with Gasteiger partial charge in [0, 0.05) is 26.9 Å². The van der Waals surface area contributed by atoms with Crippen LogP contribution in [0.3, 0.4) is 0 Å². The van der Waals surface area contributed by atoms with Gasteiger partial charge in [-0.2, -0.15) is 0 Å². The van der Waals surface area contributed by atoms with E-state index in [9.17, 15) is 9.59 Å². The predicted molar refractivity (Wildman–Crippen MR) is 151 cm³/mol. The van der Waals surface area contributed by atoms with Gasteiger partial charge in [0.05, 0.1) is 23.4 Å². The second-order valence-electron chi connectivity index (χ2n) is 8.38. The van der Waals surface area contributed by atoms with Crippen LogP contribution < -0.4 is 5.32 Å². The maximum absolute atomic E-state index is 13.9. The molecule has 3 aromatic carbocycles. The first-order valence-electron chi connectivity index (χ1n) is 11.8. The van der Waals surface area contributed by atoms with Gasteiger partial charge < -0.3 is 10.1 Å². The van der Waals surface area contributed by atoms with Gasteiger partial charge >= 0.3 is 5.97 Å². The first-order chi connectivity index (χ1) is 18.0. The highest BCUT2D eigenvalue weighted by molar-refractivity contribution is 7.15. The molecule has 0 aliphatic rings. The van der Waals surface area contributed by atoms with Crippen molar-refractivity contribution in [1.82, 2.24) is 4.98 Å². The fourth-order valence-corrected chi connectivity index (χ4v) is 5.42. The molecule has 1 amide bonds. The van der Waals surface area contributed by atoms with Crippen molar-refractivity contribution >= 4 is 50.7 Å². The molecule has 0 saturated heterocycles. The SMILES string of the molecule is CCOC(=O)c1c(-c2ccc(Cl)cc2)csc1NC(=O)c1c(C)c(-c2ccccc2)nc2ccccc12. The molecule has 0 aliphatic carbocycles. The number of nitrogens with one attached hydrogen (secondary N) is 1. The Bertz CT molecular complexity index is 1610. The van der Waals surface area contributed by atoms with Crippen LogP contribution in [-0.4, -0.2) is 23.5 Å². The number of pyridine rings is 1. The van der Waals surface area contributed by atoms with Gasteiger partial charge in [0.25, 0.3) is 5.91 Å². The van der Waals surface area contributed by atoms with E-state index < -0.39 is 5.97 Å². The Labute approximate surface area is 223 Å². The highest BCUT2D eigenvalue weighted by Gasteiger charge is 2.25. The molecule has 0 spiro atoms. The maximum Gasteiger partial charge on any atom is 0.341 e. The summed E-state index contributed by atoms with van der Waals surface area (Å²) in [4.78, 5) is 31.7. The minimum Gasteiger partial charge on any atom is -0.462 e. The van der Waals surface area contributed by atoms with Crippen molar-refractivity contribution in [2.75, 3.05) is 11.9 Å². The Hall–Kier alpha value is -4.00. The van der Waals surface area contributed by atoms with Crippen molar-refractivity contribution in [3.05, 3.63) is 106 Å². The topological polar surface area (TPSA) is 68.3 Å². The molecule has 184 valence electrons. The number of aromatic nitrogens is 1. The lowest BCUT2D eigenvalue weighted by atomic mass is 9.97. The molecule has 0 saturated carbocycles. The standard InChI is InChI=1S/C30H23ClN2O3S/c1-3-36-30(35)26-23(19-13-15-21(31)16-14-19)17-37-29(26)33-28(34)25-18(2)27(20-9-5-4-6-10-20)32-24-12-8-7-11-22(24)25/h4-17H,3H2,1-2H3,(H,33,34). The number of anilines is 1. The number of rotatable bonds is 6. The number of hydrogen-bond acceptors (Lipinski definition) is 5. The van der Waals surface area contributed by atoms with E-state index in [1.54, 1.807) is 19.1 Å². The van der Waals surface area contributed by atoms with Gasteiger partial charge in [0.1, 0.15) is 10.6 Å². The fourth-order valence-electron chi connectivity index (χ4n) is 4.34. The summed E-state index contributed by atoms with van der Waals surface area (Å²) in [7, 11) is 0. The Morgan fingerprint density at radius 2 is 1.62 bits per heavy atom. The lowest BCUT2D eigenvalue weighted by Crippen LogP contribution is -2.17. The molecule has 5 rings (SSSR count). The summed E-state index contributed by atoms with van der Waals surface area (Å²) in [6.07, 6.45) is 0. The number of thiophene rings is 1. The van der Waals surface area contributed by atoms with Gasteiger partial charge in [-0.15, -0.1) is 11.3 Å². The second-order valence-corrected chi connectivity index (χ2v) is 9.69. The molecule has 5 nitrogen and oxygen atoms in total. The van der Waals surface area contributed by atoms with Crippen molar-refractivity contribution in [1.29, 1.82) is 0 Å². The molecule has 0 atom stereocenters. The minimum absolute atomic E-state index is 0.219. The van der Waals surface area contributed by atoms with Gasteiger partial charge in [-0.25, -0.2) is 9.78 Å². The number of benzene rings is 3. The number of halogens is 1. The van der Waals surface area contributed by atoms with Crippen LogP contribution in [0.2, 0.25) is 5.02 Å². The zero-order valence-electron chi connectivity index (χ0n) is 20.2. The van der Waals surface area contributed by atoms with Crippen molar-refractivity contribution in [3.63, 3.8) is 0 Å². The summed E-state index contributed by atoms with van der Waals surface area (Å²) < 4.78 is 5.35. The third kappa shape index (κ3) is 4.86. The van der Waals surface area contributed by atoms with E-state index in [-0.39, 0.29) is 12.5 Å². The molecule has 2 heterocycles. The van der Waals surface area contributed by atoms with Crippen molar-refractivity contribution in [2.24, 2.45) is 0 Å². The molecule has 0 aliphatic heterocycles. The Balaban J connectivity index is 1.62. The van der Waals surface area contributed by atoms with Crippen LogP contribution in [0.15, 0.2) is 84.2 Å². The van der Waals surface area contributed by atoms with Gasteiger partial charge in [0.15, 0.2) is 0 Å². The van der Waals surface area contributed by atoms with Crippen molar-refractivity contribution < 1.29 is 14.3 Å². The van der Waals surface area contributed by atoms with Crippen molar-refractivity contribution in [3.8, 4) is 22.4 Å². The number of nitrogens with zero attached hydrogens (tertiary/aromatic N) is 1. The van der Waals surface area contributed by atoms with Crippen LogP contribution in [-0.2, 0) is 4.74 Å². The number of carbonyl (C=O) groups is 2. The molecule has 0 fully saturated rings. The number of amides is 1. The summed E-state index contributed by atoms with van der Waals surface area (Å²) in [5.41, 5.74) is 5.46. The van der Waals surface area contributed by atoms with E-state index in [4.69, 9.17) is 21.3 Å². The lowest BCUT2D eigenvalue weighted by molar-refractivity contribution is 0.0529. The molecular weight excluding hydrogens is 504 g/mol. The van der Waals surface area contributed by atoms with Gasteiger partial charge in [-0.1, -0.05) is 72.3 Å². The summed E-state index contributed by atoms with van der Waals surface area (Å²) in [6, 6.07) is 24.6. The molecule has 0 unspecified atom stereocenters. The van der Waals surface area contributed by atoms with Crippen LogP contribution >= 0.6 is 22.9 Å². The number of carbonyl (C=O) groups excluding carboxylic acids is 2. The summed E-state index contributed by atoms with van der Waals surface area (Å²) in [5, 5.41) is 6.61. The number of ether oxygens (including phenoxy) is 1. The summed E-state index contributed by atoms with van der Waals surface area (Å²) in [6.45, 7) is 3.87. The average molecular weight is 527 g/mol. The van der Waals surface area contributed by atoms with E-state index in [2.05, 4.69) is 5.32 Å². The Morgan fingerprint density at radius 3 is 2.35 bits per heavy atom. The van der Waals surface area contributed by atoms with Crippen LogP contribution in [0.1, 0.15) is 33.2 Å². The van der Waals surface area contributed by atoms with Crippen LogP contribution in [0.4, 0.5) is 5.00 Å². The number of hydrogen-bond donors (Lipinski definition) is 1. The van der Waals surface area contributed by atoms with Crippen LogP contribution in [0, 0.1) is 6.92 Å². The lowest BCUT2D eigenvalue weighted by Gasteiger charge is -2.15. The minimum atomic E-state index is -0.495. The normalized spacial score (nSPS) is 10.9. The second kappa shape index (κ2) is 10.5. The number of para-hydroxylation sites is 1. The highest BCUT2D eigenvalue weighted by Crippen LogP contribution is 2.38. The molecule has 5 aromatic rings. The molecule has 0 bridgehead atoms. The fraction of sp³-hybridized carbons (Fsp3) is 0.100. The quantitative estimate of drug-likeness (QED) is 0.227. The zero-order chi connectivity index (χ0) is 25.9. The third-order valence-electron chi connectivity index (χ3n) is 6.06. The van der Waals surface area contributed by atoms with Crippen LogP contribution in [0.25, 0.3) is 33.3 Å². The molecule has 1 N–H and O–H groups in total. The average Bonchev–Trinajstić information content (AvgIpc) is 3.32. The Kier molecular flexibility index (Phi) is 7.04. The molecular formula is C30H23ClN2O3S. The molecule has 0 radical (unpaired) electrons. The molecule has 7 heteroatoms. The van der Waals surface area contributed by atoms with E-state index in [1.807, 2.05) is 79.0 Å². The predicted octanol–water partition coefficient (Wildman–Crippen LogP) is 8.02. The van der Waals surface area contributed by atoms with Crippen LogP contribution in [0.5, 0.6) is 0 Å². The maximum atomic E-state index is 13.9. The van der Waals surface area contributed by atoms with E-state index in [0.717, 1.165) is 33.3 Å². The number of fused-ring (bicyclic) bond motifs is 1. The third-order valence-corrected chi connectivity index (χ3v) is 7.21. The summed E-state index contributed by atoms with van der Waals surface area (Å²) >= 11 is 7.34. The van der Waals surface area contributed by atoms with E-state index in [1.165, 1.54) is 11.3 Å². The largest absolute Gasteiger partial charge is 0.462 e. The highest BCUT2D eigenvalue weighted by atomic mass is 35.5. The van der Waals surface area contributed by atoms with E-state index in [0.29, 0.717) is 26.7 Å². The molecule has 2 aromatic heterocycles. The molecule has 37 heavy (non-hydrogen) atoms. The monoisotopic (exact) mass is 526 g/mol. The Morgan fingerprint density at radius 1 is 0.919 bits per heavy atom. The first-order valence-corrected chi connectivity index (χ1v) is 13.0. The van der Waals surface area contributed by atoms with Gasteiger partial charge in [-0.05, 0) is 43.2 Å². The first kappa shape index (κ1) is 24.7. The van der Waals surface area contributed by atoms with Crippen molar-refractivity contribution in [2.45, 2.75) is 13.8 Å². The summed E-state index contributed by atoms with van der Waals surface area (Å²) in [5.74, 6) is -0.811. The van der Waals surface area contributed by atoms with Gasteiger partial charge in [-0.3, -0.25) is 4.79 Å². The smallest absolute Gasteiger partial charge is 0.341 e. The van der Waals surface area contributed by atoms with Gasteiger partial charge in [0.2, 0.25) is 0 Å².